The number of amides is 1. The molecule has 0 saturated heterocycles. The van der Waals surface area contributed by atoms with Gasteiger partial charge in [-0.05, 0) is 43.2 Å². The van der Waals surface area contributed by atoms with E-state index in [0.717, 1.165) is 5.56 Å². The number of nitrogens with one attached hydrogen (secondary N) is 1. The topological polar surface area (TPSA) is 64.0 Å². The fraction of sp³-hybridized carbons (Fsp3) is 0.167. The van der Waals surface area contributed by atoms with E-state index in [1.807, 2.05) is 13.0 Å². The highest BCUT2D eigenvalue weighted by Gasteiger charge is 2.10. The Kier molecular flexibility index (Phi) is 4.12. The molecule has 3 rings (SSSR count). The van der Waals surface area contributed by atoms with Crippen LogP contribution in [0, 0.1) is 19.7 Å². The van der Waals surface area contributed by atoms with Crippen LogP contribution in [0.25, 0.3) is 10.9 Å². The highest BCUT2D eigenvalue weighted by atomic mass is 19.1. The van der Waals surface area contributed by atoms with Gasteiger partial charge in [-0.2, -0.15) is 0 Å². The summed E-state index contributed by atoms with van der Waals surface area (Å²) in [7, 11) is 0. The molecule has 1 aromatic heterocycles. The van der Waals surface area contributed by atoms with Gasteiger partial charge in [0.25, 0.3) is 5.56 Å². The van der Waals surface area contributed by atoms with Crippen LogP contribution in [0.4, 0.5) is 10.1 Å². The number of rotatable bonds is 3. The summed E-state index contributed by atoms with van der Waals surface area (Å²) >= 11 is 0. The van der Waals surface area contributed by atoms with E-state index in [2.05, 4.69) is 10.3 Å². The molecule has 0 spiro atoms. The highest BCUT2D eigenvalue weighted by molar-refractivity contribution is 5.90. The van der Waals surface area contributed by atoms with E-state index in [0.29, 0.717) is 22.2 Å². The van der Waals surface area contributed by atoms with Crippen LogP contribution < -0.4 is 10.9 Å². The molecule has 0 aliphatic heterocycles. The van der Waals surface area contributed by atoms with Crippen LogP contribution in [-0.4, -0.2) is 15.5 Å². The average Bonchev–Trinajstić information content (AvgIpc) is 2.54. The fourth-order valence-corrected chi connectivity index (χ4v) is 2.48. The van der Waals surface area contributed by atoms with Crippen LogP contribution in [0.1, 0.15) is 11.1 Å². The van der Waals surface area contributed by atoms with Gasteiger partial charge in [0, 0.05) is 5.69 Å². The van der Waals surface area contributed by atoms with E-state index < -0.39 is 11.7 Å². The van der Waals surface area contributed by atoms with Gasteiger partial charge in [-0.3, -0.25) is 14.2 Å². The summed E-state index contributed by atoms with van der Waals surface area (Å²) in [6.07, 6.45) is 1.35. The molecule has 0 unspecified atom stereocenters. The van der Waals surface area contributed by atoms with Crippen molar-refractivity contribution in [2.24, 2.45) is 0 Å². The molecule has 3 aromatic rings. The van der Waals surface area contributed by atoms with Gasteiger partial charge in [-0.25, -0.2) is 9.37 Å². The SMILES string of the molecule is Cc1ccc(NC(=O)Cn2cnc3c(C)cccc3c2=O)cc1F. The van der Waals surface area contributed by atoms with Gasteiger partial charge in [0.05, 0.1) is 17.2 Å². The van der Waals surface area contributed by atoms with E-state index in [1.54, 1.807) is 31.2 Å². The molecule has 2 aromatic carbocycles. The maximum atomic E-state index is 13.5. The highest BCUT2D eigenvalue weighted by Crippen LogP contribution is 2.14. The van der Waals surface area contributed by atoms with Gasteiger partial charge in [0.1, 0.15) is 12.4 Å². The Morgan fingerprint density at radius 1 is 1.21 bits per heavy atom. The summed E-state index contributed by atoms with van der Waals surface area (Å²) in [4.78, 5) is 28.8. The average molecular weight is 325 g/mol. The van der Waals surface area contributed by atoms with Crippen LogP contribution in [0.2, 0.25) is 0 Å². The number of hydrogen-bond acceptors (Lipinski definition) is 3. The zero-order valence-corrected chi connectivity index (χ0v) is 13.3. The number of nitrogens with zero attached hydrogens (tertiary/aromatic N) is 2. The minimum Gasteiger partial charge on any atom is -0.324 e. The summed E-state index contributed by atoms with van der Waals surface area (Å²) in [5.74, 6) is -0.818. The van der Waals surface area contributed by atoms with Crippen molar-refractivity contribution >= 4 is 22.5 Å². The number of benzene rings is 2. The summed E-state index contributed by atoms with van der Waals surface area (Å²) in [6, 6.07) is 9.77. The van der Waals surface area contributed by atoms with E-state index in [4.69, 9.17) is 0 Å². The van der Waals surface area contributed by atoms with Crippen molar-refractivity contribution in [2.75, 3.05) is 5.32 Å². The largest absolute Gasteiger partial charge is 0.324 e. The maximum absolute atomic E-state index is 13.5. The van der Waals surface area contributed by atoms with Gasteiger partial charge >= 0.3 is 0 Å². The van der Waals surface area contributed by atoms with Crippen molar-refractivity contribution in [3.05, 3.63) is 70.0 Å². The van der Waals surface area contributed by atoms with Crippen molar-refractivity contribution in [1.82, 2.24) is 9.55 Å². The van der Waals surface area contributed by atoms with E-state index >= 15 is 0 Å². The van der Waals surface area contributed by atoms with Crippen LogP contribution in [0.3, 0.4) is 0 Å². The van der Waals surface area contributed by atoms with Crippen LogP contribution >= 0.6 is 0 Å². The van der Waals surface area contributed by atoms with Crippen molar-refractivity contribution in [1.29, 1.82) is 0 Å². The van der Waals surface area contributed by atoms with Gasteiger partial charge in [0.15, 0.2) is 0 Å². The first kappa shape index (κ1) is 15.9. The summed E-state index contributed by atoms with van der Waals surface area (Å²) in [6.45, 7) is 3.33. The standard InChI is InChI=1S/C18H16FN3O2/c1-11-6-7-13(8-15(11)19)21-16(23)9-22-10-20-17-12(2)4-3-5-14(17)18(22)24/h3-8,10H,9H2,1-2H3,(H,21,23). The smallest absolute Gasteiger partial charge is 0.261 e. The first-order valence-electron chi connectivity index (χ1n) is 7.46. The Labute approximate surface area is 137 Å². The van der Waals surface area contributed by atoms with E-state index in [9.17, 15) is 14.0 Å². The number of aromatic nitrogens is 2. The number of anilines is 1. The lowest BCUT2D eigenvalue weighted by atomic mass is 10.1. The summed E-state index contributed by atoms with van der Waals surface area (Å²) in [5.41, 5.74) is 2.09. The molecule has 0 radical (unpaired) electrons. The Morgan fingerprint density at radius 2 is 2.00 bits per heavy atom. The Hall–Kier alpha value is -3.02. The Bertz CT molecular complexity index is 995. The maximum Gasteiger partial charge on any atom is 0.261 e. The van der Waals surface area contributed by atoms with Crippen LogP contribution in [0.15, 0.2) is 47.5 Å². The predicted molar refractivity (Wildman–Crippen MR) is 90.5 cm³/mol. The molecule has 122 valence electrons. The molecule has 24 heavy (non-hydrogen) atoms. The Balaban J connectivity index is 1.84. The number of aryl methyl sites for hydroxylation is 2. The molecule has 1 N–H and O–H groups in total. The summed E-state index contributed by atoms with van der Waals surface area (Å²) < 4.78 is 14.8. The second-order valence-corrected chi connectivity index (χ2v) is 5.66. The zero-order valence-electron chi connectivity index (χ0n) is 13.3. The lowest BCUT2D eigenvalue weighted by Crippen LogP contribution is -2.28. The number of carbonyl (C=O) groups is 1. The van der Waals surface area contributed by atoms with Gasteiger partial charge in [0.2, 0.25) is 5.91 Å². The number of hydrogen-bond donors (Lipinski definition) is 1. The molecule has 5 nitrogen and oxygen atoms in total. The lowest BCUT2D eigenvalue weighted by molar-refractivity contribution is -0.116. The molecule has 0 atom stereocenters. The number of fused-ring (bicyclic) bond motifs is 1. The van der Waals surface area contributed by atoms with Crippen molar-refractivity contribution < 1.29 is 9.18 Å². The molecule has 6 heteroatoms. The molecular formula is C18H16FN3O2. The van der Waals surface area contributed by atoms with Gasteiger partial charge in [-0.15, -0.1) is 0 Å². The van der Waals surface area contributed by atoms with Gasteiger partial charge in [-0.1, -0.05) is 18.2 Å². The third-order valence-corrected chi connectivity index (χ3v) is 3.82. The first-order valence-corrected chi connectivity index (χ1v) is 7.46. The molecule has 0 fully saturated rings. The molecule has 0 bridgehead atoms. The van der Waals surface area contributed by atoms with E-state index in [-0.39, 0.29) is 12.1 Å². The lowest BCUT2D eigenvalue weighted by Gasteiger charge is -2.09. The quantitative estimate of drug-likeness (QED) is 0.805. The van der Waals surface area contributed by atoms with Crippen LogP contribution in [-0.2, 0) is 11.3 Å². The van der Waals surface area contributed by atoms with Crippen LogP contribution in [0.5, 0.6) is 0 Å². The molecule has 0 aliphatic carbocycles. The van der Waals surface area contributed by atoms with Crippen molar-refractivity contribution in [3.8, 4) is 0 Å². The second kappa shape index (κ2) is 6.23. The number of para-hydroxylation sites is 1. The van der Waals surface area contributed by atoms with E-state index in [1.165, 1.54) is 17.0 Å². The van der Waals surface area contributed by atoms with Crippen molar-refractivity contribution in [3.63, 3.8) is 0 Å². The number of halogens is 1. The fourth-order valence-electron chi connectivity index (χ4n) is 2.48. The third-order valence-electron chi connectivity index (χ3n) is 3.82. The molecule has 0 aliphatic rings. The zero-order chi connectivity index (χ0) is 17.3. The minimum atomic E-state index is -0.422. The second-order valence-electron chi connectivity index (χ2n) is 5.66. The van der Waals surface area contributed by atoms with Gasteiger partial charge < -0.3 is 5.32 Å². The molecule has 0 saturated carbocycles. The molecule has 1 heterocycles. The monoisotopic (exact) mass is 325 g/mol. The molecule has 1 amide bonds. The normalized spacial score (nSPS) is 10.8. The summed E-state index contributed by atoms with van der Waals surface area (Å²) in [5, 5.41) is 3.04. The number of carbonyl (C=O) groups excluding carboxylic acids is 1. The first-order chi connectivity index (χ1) is 11.5. The van der Waals surface area contributed by atoms with Crippen molar-refractivity contribution in [2.45, 2.75) is 20.4 Å². The molecular weight excluding hydrogens is 309 g/mol. The predicted octanol–water partition coefficient (Wildman–Crippen LogP) is 2.79. The Morgan fingerprint density at radius 3 is 2.75 bits per heavy atom. The minimum absolute atomic E-state index is 0.189. The third kappa shape index (κ3) is 3.03.